The Morgan fingerprint density at radius 3 is 2.48 bits per heavy atom. The summed E-state index contributed by atoms with van der Waals surface area (Å²) in [7, 11) is -3.64. The maximum Gasteiger partial charge on any atom is 0.245 e. The molecule has 0 saturated heterocycles. The third-order valence-corrected chi connectivity index (χ3v) is 5.93. The van der Waals surface area contributed by atoms with Crippen LogP contribution in [0, 0.1) is 0 Å². The molecule has 0 bridgehead atoms. The SMILES string of the molecule is CSc1cccc(NC(=O)CN(c2cccc3ccccc23)S(C)(=O)=O)c1. The first-order chi connectivity index (χ1) is 12.9. The lowest BCUT2D eigenvalue weighted by Crippen LogP contribution is -2.37. The van der Waals surface area contributed by atoms with E-state index in [1.807, 2.05) is 54.8 Å². The van der Waals surface area contributed by atoms with Crippen LogP contribution in [-0.2, 0) is 14.8 Å². The quantitative estimate of drug-likeness (QED) is 0.636. The van der Waals surface area contributed by atoms with Crippen LogP contribution >= 0.6 is 11.8 Å². The van der Waals surface area contributed by atoms with Gasteiger partial charge in [0.15, 0.2) is 0 Å². The number of sulfonamides is 1. The molecule has 0 aliphatic carbocycles. The van der Waals surface area contributed by atoms with Crippen LogP contribution in [0.25, 0.3) is 10.8 Å². The minimum atomic E-state index is -3.64. The number of carbonyl (C=O) groups is 1. The average Bonchev–Trinajstić information content (AvgIpc) is 2.65. The molecular weight excluding hydrogens is 380 g/mol. The molecule has 0 fully saturated rings. The van der Waals surface area contributed by atoms with Crippen molar-refractivity contribution in [1.29, 1.82) is 0 Å². The lowest BCUT2D eigenvalue weighted by Gasteiger charge is -2.23. The molecule has 0 spiro atoms. The highest BCUT2D eigenvalue weighted by Crippen LogP contribution is 2.28. The van der Waals surface area contributed by atoms with Gasteiger partial charge in [0.2, 0.25) is 15.9 Å². The third-order valence-electron chi connectivity index (χ3n) is 4.08. The van der Waals surface area contributed by atoms with Crippen LogP contribution in [-0.4, -0.2) is 33.4 Å². The lowest BCUT2D eigenvalue weighted by atomic mass is 10.1. The van der Waals surface area contributed by atoms with E-state index in [0.717, 1.165) is 26.2 Å². The smallest absolute Gasteiger partial charge is 0.245 e. The molecule has 0 unspecified atom stereocenters. The van der Waals surface area contributed by atoms with E-state index in [1.54, 1.807) is 30.0 Å². The van der Waals surface area contributed by atoms with Crippen molar-refractivity contribution in [3.8, 4) is 0 Å². The number of carbonyl (C=O) groups excluding carboxylic acids is 1. The number of hydrogen-bond acceptors (Lipinski definition) is 4. The second-order valence-corrected chi connectivity index (χ2v) is 8.83. The Bertz CT molecular complexity index is 1080. The Labute approximate surface area is 163 Å². The van der Waals surface area contributed by atoms with E-state index in [4.69, 9.17) is 0 Å². The Morgan fingerprint density at radius 1 is 1.04 bits per heavy atom. The standard InChI is InChI=1S/C20H20N2O3S2/c1-26-17-10-6-9-16(13-17)21-20(23)14-22(27(2,24)25)19-12-5-8-15-7-3-4-11-18(15)19/h3-13H,14H2,1-2H3,(H,21,23). The number of anilines is 2. The van der Waals surface area contributed by atoms with Crippen LogP contribution in [0.3, 0.4) is 0 Å². The molecule has 140 valence electrons. The van der Waals surface area contributed by atoms with Gasteiger partial charge >= 0.3 is 0 Å². The maximum absolute atomic E-state index is 12.6. The van der Waals surface area contributed by atoms with E-state index < -0.39 is 15.9 Å². The first-order valence-electron chi connectivity index (χ1n) is 8.28. The first kappa shape index (κ1) is 19.3. The van der Waals surface area contributed by atoms with Gasteiger partial charge < -0.3 is 5.32 Å². The molecule has 3 rings (SSSR count). The molecule has 0 aromatic heterocycles. The van der Waals surface area contributed by atoms with Crippen LogP contribution < -0.4 is 9.62 Å². The molecule has 0 saturated carbocycles. The highest BCUT2D eigenvalue weighted by Gasteiger charge is 2.22. The predicted molar refractivity (Wildman–Crippen MR) is 113 cm³/mol. The van der Waals surface area contributed by atoms with Crippen molar-refractivity contribution in [1.82, 2.24) is 0 Å². The third kappa shape index (κ3) is 4.61. The summed E-state index contributed by atoms with van der Waals surface area (Å²) in [5.41, 5.74) is 1.13. The predicted octanol–water partition coefficient (Wildman–Crippen LogP) is 3.97. The minimum Gasteiger partial charge on any atom is -0.324 e. The van der Waals surface area contributed by atoms with Gasteiger partial charge in [0.25, 0.3) is 0 Å². The topological polar surface area (TPSA) is 66.5 Å². The molecule has 0 aliphatic heterocycles. The van der Waals surface area contributed by atoms with Crippen molar-refractivity contribution >= 4 is 49.8 Å². The minimum absolute atomic E-state index is 0.295. The monoisotopic (exact) mass is 400 g/mol. The van der Waals surface area contributed by atoms with Crippen molar-refractivity contribution in [2.75, 3.05) is 28.7 Å². The maximum atomic E-state index is 12.6. The number of benzene rings is 3. The number of rotatable bonds is 6. The molecular formula is C20H20N2O3S2. The Morgan fingerprint density at radius 2 is 1.74 bits per heavy atom. The van der Waals surface area contributed by atoms with Crippen molar-refractivity contribution in [3.05, 3.63) is 66.7 Å². The second kappa shape index (κ2) is 8.02. The van der Waals surface area contributed by atoms with Gasteiger partial charge in [0.05, 0.1) is 11.9 Å². The summed E-state index contributed by atoms with van der Waals surface area (Å²) in [5, 5.41) is 4.47. The number of hydrogen-bond donors (Lipinski definition) is 1. The van der Waals surface area contributed by atoms with Gasteiger partial charge in [-0.05, 0) is 35.9 Å². The fraction of sp³-hybridized carbons (Fsp3) is 0.150. The summed E-state index contributed by atoms with van der Waals surface area (Å²) in [4.78, 5) is 13.6. The largest absolute Gasteiger partial charge is 0.324 e. The van der Waals surface area contributed by atoms with Gasteiger partial charge in [-0.1, -0.05) is 42.5 Å². The van der Waals surface area contributed by atoms with Gasteiger partial charge in [-0.2, -0.15) is 0 Å². The van der Waals surface area contributed by atoms with Gasteiger partial charge in [0, 0.05) is 16.0 Å². The van der Waals surface area contributed by atoms with Crippen LogP contribution in [0.2, 0.25) is 0 Å². The summed E-state index contributed by atoms with van der Waals surface area (Å²) in [5.74, 6) is -0.397. The molecule has 3 aromatic rings. The summed E-state index contributed by atoms with van der Waals surface area (Å²) in [6.45, 7) is -0.295. The van der Waals surface area contributed by atoms with Crippen molar-refractivity contribution in [2.45, 2.75) is 4.90 Å². The summed E-state index contributed by atoms with van der Waals surface area (Å²) < 4.78 is 26.0. The second-order valence-electron chi connectivity index (χ2n) is 6.05. The molecule has 7 heteroatoms. The van der Waals surface area contributed by atoms with Crippen molar-refractivity contribution in [2.24, 2.45) is 0 Å². The highest BCUT2D eigenvalue weighted by atomic mass is 32.2. The van der Waals surface area contributed by atoms with Crippen LogP contribution in [0.5, 0.6) is 0 Å². The fourth-order valence-corrected chi connectivity index (χ4v) is 4.17. The first-order valence-corrected chi connectivity index (χ1v) is 11.3. The van der Waals surface area contributed by atoms with Gasteiger partial charge in [-0.25, -0.2) is 8.42 Å². The zero-order valence-electron chi connectivity index (χ0n) is 15.0. The van der Waals surface area contributed by atoms with Crippen molar-refractivity contribution < 1.29 is 13.2 Å². The van der Waals surface area contributed by atoms with E-state index in [-0.39, 0.29) is 6.54 Å². The zero-order chi connectivity index (χ0) is 19.4. The summed E-state index contributed by atoms with van der Waals surface area (Å²) >= 11 is 1.57. The molecule has 0 radical (unpaired) electrons. The van der Waals surface area contributed by atoms with E-state index in [0.29, 0.717) is 11.4 Å². The molecule has 1 amide bonds. The number of nitrogens with zero attached hydrogens (tertiary/aromatic N) is 1. The van der Waals surface area contributed by atoms with E-state index in [1.165, 1.54) is 0 Å². The Kier molecular flexibility index (Phi) is 5.72. The number of nitrogens with one attached hydrogen (secondary N) is 1. The molecule has 0 heterocycles. The van der Waals surface area contributed by atoms with Crippen molar-refractivity contribution in [3.63, 3.8) is 0 Å². The zero-order valence-corrected chi connectivity index (χ0v) is 16.7. The molecule has 27 heavy (non-hydrogen) atoms. The number of amides is 1. The molecule has 3 aromatic carbocycles. The molecule has 1 N–H and O–H groups in total. The average molecular weight is 401 g/mol. The van der Waals surface area contributed by atoms with Crippen LogP contribution in [0.15, 0.2) is 71.6 Å². The molecule has 0 atom stereocenters. The highest BCUT2D eigenvalue weighted by molar-refractivity contribution is 7.98. The Balaban J connectivity index is 1.91. The number of fused-ring (bicyclic) bond motifs is 1. The molecule has 0 aliphatic rings. The van der Waals surface area contributed by atoms with Gasteiger partial charge in [-0.15, -0.1) is 11.8 Å². The molecule has 5 nitrogen and oxygen atoms in total. The fourth-order valence-electron chi connectivity index (χ4n) is 2.84. The lowest BCUT2D eigenvalue weighted by molar-refractivity contribution is -0.114. The van der Waals surface area contributed by atoms with Crippen LogP contribution in [0.1, 0.15) is 0 Å². The van der Waals surface area contributed by atoms with Crippen LogP contribution in [0.4, 0.5) is 11.4 Å². The normalized spacial score (nSPS) is 11.3. The number of thioether (sulfide) groups is 1. The summed E-state index contributed by atoms with van der Waals surface area (Å²) in [6.07, 6.45) is 3.06. The van der Waals surface area contributed by atoms with E-state index in [2.05, 4.69) is 5.32 Å². The van der Waals surface area contributed by atoms with E-state index >= 15 is 0 Å². The van der Waals surface area contributed by atoms with E-state index in [9.17, 15) is 13.2 Å². The summed E-state index contributed by atoms with van der Waals surface area (Å²) in [6, 6.07) is 20.3. The van der Waals surface area contributed by atoms with Gasteiger partial charge in [-0.3, -0.25) is 9.10 Å². The van der Waals surface area contributed by atoms with Gasteiger partial charge in [0.1, 0.15) is 6.54 Å². The Hall–Kier alpha value is -2.51.